The third-order valence-electron chi connectivity index (χ3n) is 4.00. The van der Waals surface area contributed by atoms with E-state index in [2.05, 4.69) is 21.1 Å². The van der Waals surface area contributed by atoms with E-state index >= 15 is 0 Å². The number of nitro benzene ring substituents is 1. The van der Waals surface area contributed by atoms with Crippen LogP contribution >= 0.6 is 0 Å². The van der Waals surface area contributed by atoms with Crippen LogP contribution in [-0.2, 0) is 19.4 Å². The van der Waals surface area contributed by atoms with Gasteiger partial charge in [-0.25, -0.2) is 4.98 Å². The second-order valence-corrected chi connectivity index (χ2v) is 5.75. The summed E-state index contributed by atoms with van der Waals surface area (Å²) in [5.41, 5.74) is 2.64. The summed E-state index contributed by atoms with van der Waals surface area (Å²) >= 11 is 0. The molecule has 6 nitrogen and oxygen atoms in total. The smallest absolute Gasteiger partial charge is 0.292 e. The standard InChI is InChI=1S/C16H20N4O2/c1-12-5-6-14(15(10-12)20(21)22)17-8-7-13-11-19-9-3-2-4-16(19)18-13/h5-6,10-11,17H,2-4,7-9H2,1H3. The first-order valence-electron chi connectivity index (χ1n) is 7.67. The van der Waals surface area contributed by atoms with E-state index in [9.17, 15) is 10.1 Å². The third-order valence-corrected chi connectivity index (χ3v) is 4.00. The van der Waals surface area contributed by atoms with Crippen molar-refractivity contribution in [3.05, 3.63) is 51.6 Å². The van der Waals surface area contributed by atoms with Crippen molar-refractivity contribution >= 4 is 11.4 Å². The Labute approximate surface area is 129 Å². The predicted molar refractivity (Wildman–Crippen MR) is 85.2 cm³/mol. The number of hydrogen-bond acceptors (Lipinski definition) is 4. The van der Waals surface area contributed by atoms with E-state index in [-0.39, 0.29) is 10.6 Å². The summed E-state index contributed by atoms with van der Waals surface area (Å²) in [6.07, 6.45) is 6.36. The van der Waals surface area contributed by atoms with Crippen LogP contribution in [0.5, 0.6) is 0 Å². The van der Waals surface area contributed by atoms with E-state index in [0.29, 0.717) is 12.2 Å². The molecule has 0 saturated heterocycles. The predicted octanol–water partition coefficient (Wildman–Crippen LogP) is 3.09. The number of nitrogens with zero attached hydrogens (tertiary/aromatic N) is 3. The van der Waals surface area contributed by atoms with Crippen molar-refractivity contribution in [3.8, 4) is 0 Å². The van der Waals surface area contributed by atoms with E-state index in [0.717, 1.165) is 30.6 Å². The maximum Gasteiger partial charge on any atom is 0.292 e. The van der Waals surface area contributed by atoms with Crippen molar-refractivity contribution in [1.29, 1.82) is 0 Å². The van der Waals surface area contributed by atoms with Gasteiger partial charge in [0.25, 0.3) is 5.69 Å². The van der Waals surface area contributed by atoms with Crippen molar-refractivity contribution in [2.24, 2.45) is 0 Å². The highest BCUT2D eigenvalue weighted by molar-refractivity contribution is 5.62. The first kappa shape index (κ1) is 14.6. The Morgan fingerprint density at radius 1 is 1.41 bits per heavy atom. The van der Waals surface area contributed by atoms with Gasteiger partial charge in [0.1, 0.15) is 11.5 Å². The molecule has 0 spiro atoms. The van der Waals surface area contributed by atoms with Crippen LogP contribution in [0, 0.1) is 17.0 Å². The van der Waals surface area contributed by atoms with Crippen molar-refractivity contribution in [3.63, 3.8) is 0 Å². The van der Waals surface area contributed by atoms with Crippen LogP contribution in [0.2, 0.25) is 0 Å². The van der Waals surface area contributed by atoms with Gasteiger partial charge in [-0.1, -0.05) is 6.07 Å². The number of anilines is 1. The number of fused-ring (bicyclic) bond motifs is 1. The van der Waals surface area contributed by atoms with Gasteiger partial charge < -0.3 is 9.88 Å². The molecular formula is C16H20N4O2. The molecule has 1 aromatic heterocycles. The Morgan fingerprint density at radius 3 is 3.05 bits per heavy atom. The molecule has 2 heterocycles. The van der Waals surface area contributed by atoms with E-state index in [1.165, 1.54) is 18.7 Å². The number of imidazole rings is 1. The molecule has 0 fully saturated rings. The average molecular weight is 300 g/mol. The quantitative estimate of drug-likeness (QED) is 0.680. The zero-order valence-corrected chi connectivity index (χ0v) is 12.7. The third kappa shape index (κ3) is 3.10. The van der Waals surface area contributed by atoms with Crippen LogP contribution in [0.3, 0.4) is 0 Å². The lowest BCUT2D eigenvalue weighted by molar-refractivity contribution is -0.384. The molecular weight excluding hydrogens is 280 g/mol. The fraction of sp³-hybridized carbons (Fsp3) is 0.438. The minimum absolute atomic E-state index is 0.129. The monoisotopic (exact) mass is 300 g/mol. The Morgan fingerprint density at radius 2 is 2.27 bits per heavy atom. The molecule has 0 radical (unpaired) electrons. The minimum Gasteiger partial charge on any atom is -0.379 e. The van der Waals surface area contributed by atoms with Crippen LogP contribution in [0.15, 0.2) is 24.4 Å². The molecule has 1 aliphatic rings. The summed E-state index contributed by atoms with van der Waals surface area (Å²) < 4.78 is 2.23. The van der Waals surface area contributed by atoms with Crippen LogP contribution in [0.1, 0.15) is 29.9 Å². The van der Waals surface area contributed by atoms with Crippen molar-refractivity contribution in [2.75, 3.05) is 11.9 Å². The SMILES string of the molecule is Cc1ccc(NCCc2cn3c(n2)CCCC3)c([N+](=O)[O-])c1. The van der Waals surface area contributed by atoms with Gasteiger partial charge in [0, 0.05) is 38.2 Å². The number of hydrogen-bond donors (Lipinski definition) is 1. The molecule has 1 aromatic carbocycles. The number of rotatable bonds is 5. The zero-order chi connectivity index (χ0) is 15.5. The van der Waals surface area contributed by atoms with Crippen LogP contribution in [-0.4, -0.2) is 21.0 Å². The summed E-state index contributed by atoms with van der Waals surface area (Å²) in [7, 11) is 0. The lowest BCUT2D eigenvalue weighted by Crippen LogP contribution is -2.08. The largest absolute Gasteiger partial charge is 0.379 e. The van der Waals surface area contributed by atoms with Crippen LogP contribution in [0.4, 0.5) is 11.4 Å². The van der Waals surface area contributed by atoms with Gasteiger partial charge >= 0.3 is 0 Å². The lowest BCUT2D eigenvalue weighted by atomic mass is 10.2. The number of aromatic nitrogens is 2. The van der Waals surface area contributed by atoms with E-state index in [1.807, 2.05) is 13.0 Å². The maximum atomic E-state index is 11.1. The molecule has 1 N–H and O–H groups in total. The molecule has 0 unspecified atom stereocenters. The number of aryl methyl sites for hydroxylation is 3. The summed E-state index contributed by atoms with van der Waals surface area (Å²) in [6, 6.07) is 5.24. The summed E-state index contributed by atoms with van der Waals surface area (Å²) in [5, 5.41) is 14.2. The Kier molecular flexibility index (Phi) is 4.09. The van der Waals surface area contributed by atoms with Gasteiger partial charge in [0.15, 0.2) is 0 Å². The Bertz CT molecular complexity index is 670. The van der Waals surface area contributed by atoms with E-state index in [4.69, 9.17) is 0 Å². The van der Waals surface area contributed by atoms with Gasteiger partial charge in [-0.15, -0.1) is 0 Å². The van der Waals surface area contributed by atoms with Gasteiger partial charge in [0.2, 0.25) is 0 Å². The fourth-order valence-corrected chi connectivity index (χ4v) is 2.86. The highest BCUT2D eigenvalue weighted by atomic mass is 16.6. The van der Waals surface area contributed by atoms with Gasteiger partial charge in [-0.3, -0.25) is 10.1 Å². The summed E-state index contributed by atoms with van der Waals surface area (Å²) in [5.74, 6) is 1.17. The molecule has 0 saturated carbocycles. The summed E-state index contributed by atoms with van der Waals surface area (Å²) in [4.78, 5) is 15.4. The van der Waals surface area contributed by atoms with Crippen LogP contribution in [0.25, 0.3) is 0 Å². The molecule has 0 aliphatic carbocycles. The van der Waals surface area contributed by atoms with E-state index in [1.54, 1.807) is 12.1 Å². The van der Waals surface area contributed by atoms with E-state index < -0.39 is 0 Å². The van der Waals surface area contributed by atoms with Crippen molar-refractivity contribution in [1.82, 2.24) is 9.55 Å². The van der Waals surface area contributed by atoms with Gasteiger partial charge in [0.05, 0.1) is 10.6 Å². The maximum absolute atomic E-state index is 11.1. The molecule has 116 valence electrons. The van der Waals surface area contributed by atoms with Gasteiger partial charge in [-0.05, 0) is 31.4 Å². The Hall–Kier alpha value is -2.37. The van der Waals surface area contributed by atoms with Crippen molar-refractivity contribution in [2.45, 2.75) is 39.2 Å². The molecule has 3 rings (SSSR count). The van der Waals surface area contributed by atoms with Crippen molar-refractivity contribution < 1.29 is 4.92 Å². The normalized spacial score (nSPS) is 13.7. The molecule has 0 bridgehead atoms. The number of nitro groups is 1. The molecule has 6 heteroatoms. The number of benzene rings is 1. The van der Waals surface area contributed by atoms with Gasteiger partial charge in [-0.2, -0.15) is 0 Å². The van der Waals surface area contributed by atoms with Crippen LogP contribution < -0.4 is 5.32 Å². The molecule has 1 aliphatic heterocycles. The Balaban J connectivity index is 1.63. The second-order valence-electron chi connectivity index (χ2n) is 5.75. The lowest BCUT2D eigenvalue weighted by Gasteiger charge is -2.11. The summed E-state index contributed by atoms with van der Waals surface area (Å²) in [6.45, 7) is 3.55. The highest BCUT2D eigenvalue weighted by Gasteiger charge is 2.14. The number of nitrogens with one attached hydrogen (secondary N) is 1. The first-order valence-corrected chi connectivity index (χ1v) is 7.67. The topological polar surface area (TPSA) is 73.0 Å². The molecule has 0 amide bonds. The molecule has 22 heavy (non-hydrogen) atoms. The first-order chi connectivity index (χ1) is 10.6. The molecule has 2 aromatic rings. The highest BCUT2D eigenvalue weighted by Crippen LogP contribution is 2.25. The average Bonchev–Trinajstić information content (AvgIpc) is 2.91. The second kappa shape index (κ2) is 6.17. The zero-order valence-electron chi connectivity index (χ0n) is 12.7. The molecule has 0 atom stereocenters. The fourth-order valence-electron chi connectivity index (χ4n) is 2.86. The minimum atomic E-state index is -0.343.